The lowest BCUT2D eigenvalue weighted by molar-refractivity contribution is 0.0164. The Labute approximate surface area is 215 Å². The first-order valence-electron chi connectivity index (χ1n) is 11.7. The number of hydrogen-bond donors (Lipinski definition) is 0. The summed E-state index contributed by atoms with van der Waals surface area (Å²) in [5.41, 5.74) is -2.33. The van der Waals surface area contributed by atoms with Crippen molar-refractivity contribution in [2.45, 2.75) is 11.2 Å². The highest BCUT2D eigenvalue weighted by atomic mass is 16.6. The normalized spacial score (nSPS) is 16.8. The highest BCUT2D eigenvalue weighted by molar-refractivity contribution is 5.99. The maximum atomic E-state index is 13.4. The van der Waals surface area contributed by atoms with Crippen LogP contribution in [0.25, 0.3) is 0 Å². The van der Waals surface area contributed by atoms with E-state index in [1.54, 1.807) is 102 Å². The van der Waals surface area contributed by atoms with Crippen molar-refractivity contribution in [3.8, 4) is 0 Å². The maximum absolute atomic E-state index is 13.4. The molecule has 0 amide bonds. The molecule has 0 saturated carbocycles. The molecule has 0 spiro atoms. The molecule has 7 heterocycles. The minimum atomic E-state index is -1.54. The summed E-state index contributed by atoms with van der Waals surface area (Å²) in [5.74, 6) is 0.285. The first-order chi connectivity index (χ1) is 18.3. The molecule has 2 aliphatic heterocycles. The van der Waals surface area contributed by atoms with E-state index in [0.29, 0.717) is 34.4 Å². The number of nitrogens with zero attached hydrogens (tertiary/aromatic N) is 9. The van der Waals surface area contributed by atoms with Gasteiger partial charge in [-0.3, -0.25) is 0 Å². The Morgan fingerprint density at radius 3 is 1.16 bits per heavy atom. The molecule has 0 aromatic carbocycles. The first-order valence-corrected chi connectivity index (χ1v) is 11.7. The van der Waals surface area contributed by atoms with Crippen molar-refractivity contribution in [3.05, 3.63) is 101 Å². The van der Waals surface area contributed by atoms with Gasteiger partial charge in [-0.1, -0.05) is 0 Å². The zero-order valence-electron chi connectivity index (χ0n) is 20.9. The number of pyridine rings is 1. The van der Waals surface area contributed by atoms with E-state index >= 15 is 0 Å². The monoisotopic (exact) mass is 511 g/mol. The fraction of sp³-hybridized carbons (Fsp3) is 0.240. The molecule has 0 unspecified atom stereocenters. The Bertz CT molecular complexity index is 1580. The molecule has 190 valence electrons. The fourth-order valence-electron chi connectivity index (χ4n) is 5.53. The molecule has 0 N–H and O–H groups in total. The number of ether oxygens (including phenoxy) is 2. The van der Waals surface area contributed by atoms with Crippen molar-refractivity contribution in [2.75, 3.05) is 0 Å². The summed E-state index contributed by atoms with van der Waals surface area (Å²) in [7, 11) is 7.22. The number of carbonyl (C=O) groups is 2. The zero-order valence-corrected chi connectivity index (χ0v) is 20.9. The number of esters is 2. The smallest absolute Gasteiger partial charge is 0.359 e. The predicted octanol–water partition coefficient (Wildman–Crippen LogP) is 0.940. The number of aromatic nitrogens is 9. The Morgan fingerprint density at radius 1 is 0.579 bits per heavy atom. The van der Waals surface area contributed by atoms with Crippen molar-refractivity contribution in [3.63, 3.8) is 0 Å². The first kappa shape index (κ1) is 22.2. The minimum absolute atomic E-state index is 0.0119. The average Bonchev–Trinajstić information content (AvgIpc) is 3.72. The van der Waals surface area contributed by atoms with Gasteiger partial charge in [-0.25, -0.2) is 34.5 Å². The Morgan fingerprint density at radius 2 is 0.895 bits per heavy atom. The van der Waals surface area contributed by atoms with Crippen LogP contribution < -0.4 is 0 Å². The van der Waals surface area contributed by atoms with Gasteiger partial charge >= 0.3 is 11.9 Å². The second-order valence-electron chi connectivity index (χ2n) is 9.37. The van der Waals surface area contributed by atoms with Crippen LogP contribution in [0.5, 0.6) is 0 Å². The zero-order chi connectivity index (χ0) is 26.4. The van der Waals surface area contributed by atoms with Crippen LogP contribution in [0.2, 0.25) is 0 Å². The van der Waals surface area contributed by atoms with Crippen LogP contribution in [0, 0.1) is 0 Å². The van der Waals surface area contributed by atoms with Gasteiger partial charge in [0.2, 0.25) is 0 Å². The third-order valence-electron chi connectivity index (χ3n) is 7.20. The van der Waals surface area contributed by atoms with E-state index in [1.807, 2.05) is 0 Å². The van der Waals surface area contributed by atoms with E-state index in [2.05, 4.69) is 24.9 Å². The van der Waals surface area contributed by atoms with E-state index in [4.69, 9.17) is 9.47 Å². The van der Waals surface area contributed by atoms with Gasteiger partial charge in [-0.05, 0) is 6.07 Å². The second kappa shape index (κ2) is 7.25. The van der Waals surface area contributed by atoms with Crippen LogP contribution >= 0.6 is 0 Å². The van der Waals surface area contributed by atoms with E-state index in [0.717, 1.165) is 0 Å². The number of imidazole rings is 4. The molecule has 38 heavy (non-hydrogen) atoms. The van der Waals surface area contributed by atoms with E-state index in [-0.39, 0.29) is 11.4 Å². The summed E-state index contributed by atoms with van der Waals surface area (Å²) in [5, 5.41) is 0. The number of cyclic esters (lactones) is 2. The van der Waals surface area contributed by atoms with Gasteiger partial charge in [0, 0.05) is 88.9 Å². The Hall–Kier alpha value is -5.07. The largest absolute Gasteiger partial charge is 0.433 e. The Kier molecular flexibility index (Phi) is 4.22. The molecular weight excluding hydrogens is 490 g/mol. The molecule has 0 saturated heterocycles. The van der Waals surface area contributed by atoms with E-state index in [1.165, 1.54) is 0 Å². The van der Waals surface area contributed by atoms with Crippen LogP contribution in [0.15, 0.2) is 55.6 Å². The summed E-state index contributed by atoms with van der Waals surface area (Å²) in [4.78, 5) is 49.5. The van der Waals surface area contributed by atoms with Gasteiger partial charge in [-0.15, -0.1) is 0 Å². The fourth-order valence-corrected chi connectivity index (χ4v) is 5.53. The molecule has 0 bridgehead atoms. The van der Waals surface area contributed by atoms with Crippen molar-refractivity contribution in [1.29, 1.82) is 0 Å². The quantitative estimate of drug-likeness (QED) is 0.323. The number of aryl methyl sites for hydroxylation is 4. The van der Waals surface area contributed by atoms with Crippen molar-refractivity contribution >= 4 is 11.9 Å². The lowest BCUT2D eigenvalue weighted by Gasteiger charge is -2.30. The molecule has 0 aliphatic carbocycles. The summed E-state index contributed by atoms with van der Waals surface area (Å²) in [6.07, 6.45) is 13.5. The molecule has 0 radical (unpaired) electrons. The summed E-state index contributed by atoms with van der Waals surface area (Å²) >= 11 is 0. The molecular formula is C25H21N9O4. The van der Waals surface area contributed by atoms with Gasteiger partial charge in [0.1, 0.15) is 0 Å². The third kappa shape index (κ3) is 2.52. The summed E-state index contributed by atoms with van der Waals surface area (Å²) < 4.78 is 19.3. The topological polar surface area (TPSA) is 137 Å². The van der Waals surface area contributed by atoms with Crippen LogP contribution in [0.4, 0.5) is 0 Å². The number of rotatable bonds is 4. The average molecular weight is 512 g/mol. The molecule has 13 nitrogen and oxygen atoms in total. The molecule has 5 aromatic rings. The molecule has 7 rings (SSSR count). The van der Waals surface area contributed by atoms with Crippen LogP contribution in [-0.2, 0) is 48.9 Å². The predicted molar refractivity (Wildman–Crippen MR) is 128 cm³/mol. The van der Waals surface area contributed by atoms with Crippen LogP contribution in [-0.4, -0.2) is 55.1 Å². The second-order valence-corrected chi connectivity index (χ2v) is 9.37. The van der Waals surface area contributed by atoms with Gasteiger partial charge in [0.25, 0.3) is 11.2 Å². The van der Waals surface area contributed by atoms with Crippen LogP contribution in [0.3, 0.4) is 0 Å². The standard InChI is InChI=1S/C25H21N9O4/c1-31-9-5-26-20(31)24(21-27-6-10-32(21)2)14-13-15-17(30-16(14)18(35)37-24)19(36)38-25(15,22-28-7-11-33(22)3)23-29-8-12-34(23)4/h5-13H,1-4H3. The minimum Gasteiger partial charge on any atom is -0.433 e. The summed E-state index contributed by atoms with van der Waals surface area (Å²) in [6, 6.07) is 1.72. The molecule has 0 atom stereocenters. The maximum Gasteiger partial charge on any atom is 0.359 e. The lowest BCUT2D eigenvalue weighted by Crippen LogP contribution is -2.37. The number of carbonyl (C=O) groups excluding carboxylic acids is 2. The van der Waals surface area contributed by atoms with Gasteiger partial charge in [-0.2, -0.15) is 0 Å². The molecule has 5 aromatic heterocycles. The lowest BCUT2D eigenvalue weighted by atomic mass is 9.85. The van der Waals surface area contributed by atoms with E-state index < -0.39 is 23.1 Å². The van der Waals surface area contributed by atoms with Crippen LogP contribution in [0.1, 0.15) is 55.4 Å². The summed E-state index contributed by atoms with van der Waals surface area (Å²) in [6.45, 7) is 0. The number of hydrogen-bond acceptors (Lipinski definition) is 9. The molecule has 0 fully saturated rings. The molecule has 2 aliphatic rings. The third-order valence-corrected chi connectivity index (χ3v) is 7.20. The van der Waals surface area contributed by atoms with Gasteiger partial charge in [0.15, 0.2) is 34.7 Å². The SMILES string of the molecule is Cn1ccnc1C1(c2nccn2C)OC(=O)c2nc3c(cc21)C(c1nccn1C)(c1nccn1C)OC3=O. The highest BCUT2D eigenvalue weighted by Crippen LogP contribution is 2.50. The highest BCUT2D eigenvalue weighted by Gasteiger charge is 2.60. The van der Waals surface area contributed by atoms with E-state index in [9.17, 15) is 9.59 Å². The van der Waals surface area contributed by atoms with Gasteiger partial charge < -0.3 is 27.7 Å². The van der Waals surface area contributed by atoms with Crippen molar-refractivity contribution in [2.24, 2.45) is 28.2 Å². The Balaban J connectivity index is 1.61. The van der Waals surface area contributed by atoms with Crippen molar-refractivity contribution in [1.82, 2.24) is 43.2 Å². The van der Waals surface area contributed by atoms with Gasteiger partial charge in [0.05, 0.1) is 0 Å². The molecule has 13 heteroatoms. The van der Waals surface area contributed by atoms with Crippen molar-refractivity contribution < 1.29 is 19.1 Å². The number of fused-ring (bicyclic) bond motifs is 2.